The SMILES string of the molecule is CSc1ccc(NC(=O)c2ccccc2OCC(=O)Nc2ccccc2F)cn1. The van der Waals surface area contributed by atoms with Crippen molar-refractivity contribution in [2.75, 3.05) is 23.5 Å². The Morgan fingerprint density at radius 3 is 2.52 bits per heavy atom. The fourth-order valence-corrected chi connectivity index (χ4v) is 2.81. The van der Waals surface area contributed by atoms with Crippen molar-refractivity contribution in [2.24, 2.45) is 0 Å². The normalized spacial score (nSPS) is 10.3. The number of nitrogens with zero attached hydrogens (tertiary/aromatic N) is 1. The molecule has 0 saturated carbocycles. The van der Waals surface area contributed by atoms with E-state index in [-0.39, 0.29) is 23.6 Å². The maximum atomic E-state index is 13.6. The molecular formula is C21H18FN3O3S. The number of thioether (sulfide) groups is 1. The molecule has 0 saturated heterocycles. The quantitative estimate of drug-likeness (QED) is 0.569. The van der Waals surface area contributed by atoms with E-state index in [9.17, 15) is 14.0 Å². The molecule has 8 heteroatoms. The van der Waals surface area contributed by atoms with E-state index in [0.29, 0.717) is 5.69 Å². The van der Waals surface area contributed by atoms with Crippen LogP contribution >= 0.6 is 11.8 Å². The molecule has 29 heavy (non-hydrogen) atoms. The van der Waals surface area contributed by atoms with Gasteiger partial charge in [0, 0.05) is 0 Å². The highest BCUT2D eigenvalue weighted by molar-refractivity contribution is 7.98. The number of carbonyl (C=O) groups is 2. The standard InChI is InChI=1S/C21H18FN3O3S/c1-29-20-11-10-14(12-23-20)24-21(27)15-6-2-5-9-18(15)28-13-19(26)25-17-8-4-3-7-16(17)22/h2-12H,13H2,1H3,(H,24,27)(H,25,26). The molecule has 6 nitrogen and oxygen atoms in total. The van der Waals surface area contributed by atoms with Gasteiger partial charge in [-0.15, -0.1) is 11.8 Å². The minimum atomic E-state index is -0.540. The van der Waals surface area contributed by atoms with Gasteiger partial charge in [0.1, 0.15) is 11.6 Å². The molecule has 2 N–H and O–H groups in total. The molecule has 1 aromatic heterocycles. The maximum Gasteiger partial charge on any atom is 0.262 e. The number of para-hydroxylation sites is 2. The van der Waals surface area contributed by atoms with Gasteiger partial charge in [-0.05, 0) is 42.7 Å². The first-order chi connectivity index (χ1) is 14.1. The summed E-state index contributed by atoms with van der Waals surface area (Å²) in [6.45, 7) is -0.372. The first kappa shape index (κ1) is 20.3. The van der Waals surface area contributed by atoms with Gasteiger partial charge in [0.15, 0.2) is 6.61 Å². The summed E-state index contributed by atoms with van der Waals surface area (Å²) >= 11 is 1.50. The molecule has 0 aliphatic carbocycles. The van der Waals surface area contributed by atoms with E-state index < -0.39 is 17.6 Å². The molecule has 0 radical (unpaired) electrons. The third kappa shape index (κ3) is 5.55. The summed E-state index contributed by atoms with van der Waals surface area (Å²) in [6, 6.07) is 15.9. The van der Waals surface area contributed by atoms with Gasteiger partial charge in [-0.1, -0.05) is 24.3 Å². The third-order valence-electron chi connectivity index (χ3n) is 3.84. The Labute approximate surface area is 171 Å². The molecule has 2 aromatic carbocycles. The average molecular weight is 411 g/mol. The van der Waals surface area contributed by atoms with Crippen LogP contribution < -0.4 is 15.4 Å². The van der Waals surface area contributed by atoms with E-state index >= 15 is 0 Å². The van der Waals surface area contributed by atoms with Crippen molar-refractivity contribution in [3.8, 4) is 5.75 Å². The van der Waals surface area contributed by atoms with Gasteiger partial charge in [0.2, 0.25) is 0 Å². The summed E-state index contributed by atoms with van der Waals surface area (Å²) in [7, 11) is 0. The number of rotatable bonds is 7. The number of hydrogen-bond donors (Lipinski definition) is 2. The Kier molecular flexibility index (Phi) is 6.80. The number of carbonyl (C=O) groups excluding carboxylic acids is 2. The molecule has 3 rings (SSSR count). The predicted molar refractivity (Wildman–Crippen MR) is 111 cm³/mol. The van der Waals surface area contributed by atoms with E-state index in [0.717, 1.165) is 5.03 Å². The van der Waals surface area contributed by atoms with Crippen molar-refractivity contribution in [3.05, 3.63) is 78.2 Å². The molecule has 0 unspecified atom stereocenters. The molecule has 0 bridgehead atoms. The molecule has 148 valence electrons. The smallest absolute Gasteiger partial charge is 0.262 e. The minimum Gasteiger partial charge on any atom is -0.483 e. The fourth-order valence-electron chi connectivity index (χ4n) is 2.45. The van der Waals surface area contributed by atoms with Gasteiger partial charge in [-0.25, -0.2) is 9.37 Å². The van der Waals surface area contributed by atoms with Crippen LogP contribution in [0.3, 0.4) is 0 Å². The fraction of sp³-hybridized carbons (Fsp3) is 0.0952. The predicted octanol–water partition coefficient (Wildman–Crippen LogP) is 4.21. The van der Waals surface area contributed by atoms with E-state index in [1.807, 2.05) is 6.26 Å². The Hall–Kier alpha value is -3.39. The maximum absolute atomic E-state index is 13.6. The summed E-state index contributed by atoms with van der Waals surface area (Å²) in [6.07, 6.45) is 3.48. The molecule has 0 aliphatic heterocycles. The largest absolute Gasteiger partial charge is 0.483 e. The lowest BCUT2D eigenvalue weighted by Crippen LogP contribution is -2.22. The highest BCUT2D eigenvalue weighted by atomic mass is 32.2. The average Bonchev–Trinajstić information content (AvgIpc) is 2.74. The number of amides is 2. The molecule has 0 atom stereocenters. The van der Waals surface area contributed by atoms with Crippen LogP contribution in [0.2, 0.25) is 0 Å². The van der Waals surface area contributed by atoms with E-state index in [2.05, 4.69) is 15.6 Å². The zero-order valence-corrected chi connectivity index (χ0v) is 16.3. The van der Waals surface area contributed by atoms with Crippen molar-refractivity contribution in [1.29, 1.82) is 0 Å². The number of halogens is 1. The van der Waals surface area contributed by atoms with Crippen LogP contribution in [0.5, 0.6) is 5.75 Å². The summed E-state index contributed by atoms with van der Waals surface area (Å²) in [4.78, 5) is 28.9. The Morgan fingerprint density at radius 2 is 1.79 bits per heavy atom. The summed E-state index contributed by atoms with van der Waals surface area (Å²) in [5, 5.41) is 6.01. The Morgan fingerprint density at radius 1 is 1.03 bits per heavy atom. The van der Waals surface area contributed by atoms with Crippen LogP contribution in [0.1, 0.15) is 10.4 Å². The van der Waals surface area contributed by atoms with Crippen LogP contribution in [0.4, 0.5) is 15.8 Å². The van der Waals surface area contributed by atoms with Gasteiger partial charge < -0.3 is 15.4 Å². The summed E-state index contributed by atoms with van der Waals surface area (Å²) in [5.74, 6) is -1.24. The molecule has 2 amide bonds. The second kappa shape index (κ2) is 9.70. The van der Waals surface area contributed by atoms with Gasteiger partial charge >= 0.3 is 0 Å². The molecule has 3 aromatic rings. The number of aromatic nitrogens is 1. The Bertz CT molecular complexity index is 1010. The van der Waals surface area contributed by atoms with Crippen LogP contribution in [0, 0.1) is 5.82 Å². The second-order valence-corrected chi connectivity index (χ2v) is 6.68. The van der Waals surface area contributed by atoms with E-state index in [1.54, 1.807) is 48.7 Å². The lowest BCUT2D eigenvalue weighted by atomic mass is 10.2. The lowest BCUT2D eigenvalue weighted by molar-refractivity contribution is -0.118. The van der Waals surface area contributed by atoms with Crippen LogP contribution in [0.25, 0.3) is 0 Å². The zero-order chi connectivity index (χ0) is 20.6. The van der Waals surface area contributed by atoms with Gasteiger partial charge in [-0.3, -0.25) is 9.59 Å². The highest BCUT2D eigenvalue weighted by Crippen LogP contribution is 2.21. The second-order valence-electron chi connectivity index (χ2n) is 5.86. The highest BCUT2D eigenvalue weighted by Gasteiger charge is 2.14. The van der Waals surface area contributed by atoms with E-state index in [1.165, 1.54) is 30.0 Å². The lowest BCUT2D eigenvalue weighted by Gasteiger charge is -2.12. The summed E-state index contributed by atoms with van der Waals surface area (Å²) in [5.41, 5.74) is 0.869. The first-order valence-corrected chi connectivity index (χ1v) is 9.87. The van der Waals surface area contributed by atoms with Crippen LogP contribution in [-0.4, -0.2) is 29.7 Å². The van der Waals surface area contributed by atoms with Crippen molar-refractivity contribution in [2.45, 2.75) is 5.03 Å². The van der Waals surface area contributed by atoms with Crippen molar-refractivity contribution >= 4 is 35.0 Å². The monoisotopic (exact) mass is 411 g/mol. The number of anilines is 2. The van der Waals surface area contributed by atoms with Gasteiger partial charge in [0.25, 0.3) is 11.8 Å². The number of pyridine rings is 1. The molecular weight excluding hydrogens is 393 g/mol. The Balaban J connectivity index is 1.64. The number of ether oxygens (including phenoxy) is 1. The van der Waals surface area contributed by atoms with Crippen LogP contribution in [-0.2, 0) is 4.79 Å². The number of hydrogen-bond acceptors (Lipinski definition) is 5. The minimum absolute atomic E-state index is 0.0633. The third-order valence-corrected chi connectivity index (χ3v) is 4.50. The number of benzene rings is 2. The molecule has 0 aliphatic rings. The van der Waals surface area contributed by atoms with Crippen molar-refractivity contribution < 1.29 is 18.7 Å². The van der Waals surface area contributed by atoms with Gasteiger partial charge in [0.05, 0.1) is 28.2 Å². The first-order valence-electron chi connectivity index (χ1n) is 8.64. The molecule has 0 spiro atoms. The van der Waals surface area contributed by atoms with Crippen molar-refractivity contribution in [1.82, 2.24) is 4.98 Å². The topological polar surface area (TPSA) is 80.3 Å². The zero-order valence-electron chi connectivity index (χ0n) is 15.5. The molecule has 1 heterocycles. The summed E-state index contributed by atoms with van der Waals surface area (Å²) < 4.78 is 19.1. The van der Waals surface area contributed by atoms with Crippen molar-refractivity contribution in [3.63, 3.8) is 0 Å². The number of nitrogens with one attached hydrogen (secondary N) is 2. The molecule has 0 fully saturated rings. The van der Waals surface area contributed by atoms with Crippen LogP contribution in [0.15, 0.2) is 71.9 Å². The van der Waals surface area contributed by atoms with Gasteiger partial charge in [-0.2, -0.15) is 0 Å². The van der Waals surface area contributed by atoms with E-state index in [4.69, 9.17) is 4.74 Å².